The molecule has 0 atom stereocenters. The SMILES string of the molecule is Nc1ccc(-c2cc(-c3ccc(O)c(O)c3)n(-c3ccccc3)n2)cc1. The number of benzene rings is 3. The zero-order valence-corrected chi connectivity index (χ0v) is 13.9. The fraction of sp³-hybridized carbons (Fsp3) is 0. The molecule has 0 aliphatic carbocycles. The van der Waals surface area contributed by atoms with Crippen molar-refractivity contribution in [2.45, 2.75) is 0 Å². The first-order chi connectivity index (χ1) is 12.6. The molecule has 128 valence electrons. The summed E-state index contributed by atoms with van der Waals surface area (Å²) >= 11 is 0. The van der Waals surface area contributed by atoms with Crippen LogP contribution in [0.3, 0.4) is 0 Å². The van der Waals surface area contributed by atoms with Crippen LogP contribution in [0, 0.1) is 0 Å². The van der Waals surface area contributed by atoms with Crippen LogP contribution in [-0.2, 0) is 0 Å². The minimum atomic E-state index is -0.169. The molecule has 0 aliphatic rings. The van der Waals surface area contributed by atoms with Gasteiger partial charge in [-0.3, -0.25) is 0 Å². The molecule has 5 nitrogen and oxygen atoms in total. The normalized spacial score (nSPS) is 10.8. The largest absolute Gasteiger partial charge is 0.504 e. The average molecular weight is 343 g/mol. The van der Waals surface area contributed by atoms with Gasteiger partial charge in [0.05, 0.1) is 17.1 Å². The molecule has 3 aromatic carbocycles. The van der Waals surface area contributed by atoms with E-state index in [1.165, 1.54) is 12.1 Å². The molecule has 0 fully saturated rings. The first-order valence-corrected chi connectivity index (χ1v) is 8.15. The molecule has 1 aromatic heterocycles. The van der Waals surface area contributed by atoms with Crippen LogP contribution in [0.1, 0.15) is 0 Å². The van der Waals surface area contributed by atoms with Gasteiger partial charge in [-0.1, -0.05) is 30.3 Å². The van der Waals surface area contributed by atoms with Gasteiger partial charge in [0.25, 0.3) is 0 Å². The smallest absolute Gasteiger partial charge is 0.158 e. The second-order valence-corrected chi connectivity index (χ2v) is 5.99. The van der Waals surface area contributed by atoms with Gasteiger partial charge in [0, 0.05) is 16.8 Å². The topological polar surface area (TPSA) is 84.3 Å². The molecular weight excluding hydrogens is 326 g/mol. The van der Waals surface area contributed by atoms with E-state index in [0.29, 0.717) is 5.69 Å². The molecule has 0 saturated carbocycles. The number of phenols is 2. The summed E-state index contributed by atoms with van der Waals surface area (Å²) in [4.78, 5) is 0. The highest BCUT2D eigenvalue weighted by molar-refractivity contribution is 5.72. The summed E-state index contributed by atoms with van der Waals surface area (Å²) in [6.45, 7) is 0. The molecule has 0 aliphatic heterocycles. The summed E-state index contributed by atoms with van der Waals surface area (Å²) in [5.74, 6) is -0.323. The Kier molecular flexibility index (Phi) is 3.82. The summed E-state index contributed by atoms with van der Waals surface area (Å²) in [6, 6.07) is 24.0. The van der Waals surface area contributed by atoms with Crippen molar-refractivity contribution in [1.29, 1.82) is 0 Å². The fourth-order valence-electron chi connectivity index (χ4n) is 2.83. The van der Waals surface area contributed by atoms with Gasteiger partial charge >= 0.3 is 0 Å². The Bertz CT molecular complexity index is 1050. The molecule has 26 heavy (non-hydrogen) atoms. The number of nitrogens with zero attached hydrogens (tertiary/aromatic N) is 2. The molecule has 0 bridgehead atoms. The van der Waals surface area contributed by atoms with Crippen molar-refractivity contribution in [3.63, 3.8) is 0 Å². The summed E-state index contributed by atoms with van der Waals surface area (Å²) in [6.07, 6.45) is 0. The Labute approximate surface area is 150 Å². The summed E-state index contributed by atoms with van der Waals surface area (Å²) in [5, 5.41) is 24.2. The quantitative estimate of drug-likeness (QED) is 0.384. The number of aromatic hydroxyl groups is 2. The summed E-state index contributed by atoms with van der Waals surface area (Å²) in [7, 11) is 0. The molecule has 4 rings (SSSR count). The average Bonchev–Trinajstić information content (AvgIpc) is 3.11. The van der Waals surface area contributed by atoms with Crippen molar-refractivity contribution >= 4 is 5.69 Å². The lowest BCUT2D eigenvalue weighted by Gasteiger charge is -2.08. The van der Waals surface area contributed by atoms with E-state index in [2.05, 4.69) is 0 Å². The van der Waals surface area contributed by atoms with E-state index in [1.54, 1.807) is 6.07 Å². The van der Waals surface area contributed by atoms with E-state index in [1.807, 2.05) is 65.3 Å². The number of nitrogen functional groups attached to an aromatic ring is 1. The maximum Gasteiger partial charge on any atom is 0.158 e. The lowest BCUT2D eigenvalue weighted by molar-refractivity contribution is 0.404. The van der Waals surface area contributed by atoms with Crippen LogP contribution in [-0.4, -0.2) is 20.0 Å². The first kappa shape index (κ1) is 15.8. The number of rotatable bonds is 3. The third-order valence-corrected chi connectivity index (χ3v) is 4.19. The molecule has 1 heterocycles. The predicted molar refractivity (Wildman–Crippen MR) is 102 cm³/mol. The van der Waals surface area contributed by atoms with Crippen molar-refractivity contribution in [1.82, 2.24) is 9.78 Å². The van der Waals surface area contributed by atoms with E-state index in [0.717, 1.165) is 28.2 Å². The number of aromatic nitrogens is 2. The van der Waals surface area contributed by atoms with Crippen molar-refractivity contribution in [3.8, 4) is 39.7 Å². The van der Waals surface area contributed by atoms with Gasteiger partial charge in [0.15, 0.2) is 11.5 Å². The summed E-state index contributed by atoms with van der Waals surface area (Å²) < 4.78 is 1.82. The van der Waals surface area contributed by atoms with Crippen LogP contribution in [0.2, 0.25) is 0 Å². The monoisotopic (exact) mass is 343 g/mol. The number of para-hydroxylation sites is 1. The van der Waals surface area contributed by atoms with Gasteiger partial charge in [-0.05, 0) is 48.5 Å². The Balaban J connectivity index is 1.90. The molecule has 5 heteroatoms. The van der Waals surface area contributed by atoms with E-state index < -0.39 is 0 Å². The molecule has 0 unspecified atom stereocenters. The van der Waals surface area contributed by atoms with Crippen LogP contribution in [0.25, 0.3) is 28.2 Å². The molecule has 0 amide bonds. The molecule has 0 saturated heterocycles. The van der Waals surface area contributed by atoms with Crippen LogP contribution in [0.5, 0.6) is 11.5 Å². The number of nitrogens with two attached hydrogens (primary N) is 1. The Morgan fingerprint density at radius 1 is 0.731 bits per heavy atom. The van der Waals surface area contributed by atoms with Crippen molar-refractivity contribution in [2.75, 3.05) is 5.73 Å². The van der Waals surface area contributed by atoms with Crippen LogP contribution in [0.15, 0.2) is 78.9 Å². The fourth-order valence-corrected chi connectivity index (χ4v) is 2.83. The van der Waals surface area contributed by atoms with Crippen molar-refractivity contribution in [2.24, 2.45) is 0 Å². The van der Waals surface area contributed by atoms with Gasteiger partial charge in [-0.25, -0.2) is 4.68 Å². The Morgan fingerprint density at radius 2 is 1.42 bits per heavy atom. The zero-order valence-electron chi connectivity index (χ0n) is 13.9. The van der Waals surface area contributed by atoms with Crippen LogP contribution in [0.4, 0.5) is 5.69 Å². The van der Waals surface area contributed by atoms with E-state index in [4.69, 9.17) is 10.8 Å². The number of anilines is 1. The lowest BCUT2D eigenvalue weighted by atomic mass is 10.1. The lowest BCUT2D eigenvalue weighted by Crippen LogP contribution is -1.98. The Morgan fingerprint density at radius 3 is 2.12 bits per heavy atom. The Hall–Kier alpha value is -3.73. The van der Waals surface area contributed by atoms with Crippen LogP contribution >= 0.6 is 0 Å². The predicted octanol–water partition coefficient (Wildman–Crippen LogP) is 4.20. The van der Waals surface area contributed by atoms with Gasteiger partial charge in [-0.15, -0.1) is 0 Å². The highest BCUT2D eigenvalue weighted by atomic mass is 16.3. The zero-order chi connectivity index (χ0) is 18.1. The van der Waals surface area contributed by atoms with Gasteiger partial charge in [-0.2, -0.15) is 5.10 Å². The third kappa shape index (κ3) is 2.86. The second kappa shape index (κ2) is 6.29. The number of hydrogen-bond donors (Lipinski definition) is 3. The van der Waals surface area contributed by atoms with Gasteiger partial charge < -0.3 is 15.9 Å². The molecule has 4 aromatic rings. The van der Waals surface area contributed by atoms with Crippen LogP contribution < -0.4 is 5.73 Å². The maximum atomic E-state index is 9.88. The highest BCUT2D eigenvalue weighted by Crippen LogP contribution is 2.34. The summed E-state index contributed by atoms with van der Waals surface area (Å²) in [5.41, 5.74) is 10.7. The highest BCUT2D eigenvalue weighted by Gasteiger charge is 2.14. The first-order valence-electron chi connectivity index (χ1n) is 8.15. The minimum absolute atomic E-state index is 0.154. The second-order valence-electron chi connectivity index (χ2n) is 5.99. The molecule has 4 N–H and O–H groups in total. The van der Waals surface area contributed by atoms with Crippen molar-refractivity contribution in [3.05, 3.63) is 78.9 Å². The van der Waals surface area contributed by atoms with E-state index in [9.17, 15) is 10.2 Å². The molecular formula is C21H17N3O2. The van der Waals surface area contributed by atoms with Gasteiger partial charge in [0.1, 0.15) is 0 Å². The van der Waals surface area contributed by atoms with Crippen molar-refractivity contribution < 1.29 is 10.2 Å². The maximum absolute atomic E-state index is 9.88. The standard InChI is InChI=1S/C21H17N3O2/c22-16-9-6-14(7-10-16)18-13-19(15-8-11-20(25)21(26)12-15)24(23-18)17-4-2-1-3-5-17/h1-13,25-26H,22H2. The van der Waals surface area contributed by atoms with Gasteiger partial charge in [0.2, 0.25) is 0 Å². The molecule has 0 spiro atoms. The number of hydrogen-bond acceptors (Lipinski definition) is 4. The third-order valence-electron chi connectivity index (χ3n) is 4.19. The van der Waals surface area contributed by atoms with E-state index >= 15 is 0 Å². The minimum Gasteiger partial charge on any atom is -0.504 e. The molecule has 0 radical (unpaired) electrons. The van der Waals surface area contributed by atoms with E-state index in [-0.39, 0.29) is 11.5 Å². The number of phenolic OH excluding ortho intramolecular Hbond substituents is 2.